The summed E-state index contributed by atoms with van der Waals surface area (Å²) in [7, 11) is 0. The number of nitrogens with one attached hydrogen (secondary N) is 1. The third kappa shape index (κ3) is 5.31. The standard InChI is InChI=1S/C27H29F2N5O2/c1-18-4-5-21(31-27(35)34-8-2-3-9-34)17-22(18)20-15-23(19-6-7-30-24(14-19)26(28)29)32-25(16-20)33-10-12-36-13-11-33/h4-7,14-17,26H,2-3,8-13H2,1H3,(H,31,35). The highest BCUT2D eigenvalue weighted by atomic mass is 19.3. The lowest BCUT2D eigenvalue weighted by Gasteiger charge is -2.28. The number of aryl methyl sites for hydroxylation is 1. The van der Waals surface area contributed by atoms with Crippen molar-refractivity contribution < 1.29 is 18.3 Å². The number of halogens is 2. The molecule has 9 heteroatoms. The number of aromatic nitrogens is 2. The highest BCUT2D eigenvalue weighted by Crippen LogP contribution is 2.33. The van der Waals surface area contributed by atoms with Crippen LogP contribution >= 0.6 is 0 Å². The Kier molecular flexibility index (Phi) is 7.09. The van der Waals surface area contributed by atoms with E-state index in [1.807, 2.05) is 42.2 Å². The number of rotatable bonds is 5. The van der Waals surface area contributed by atoms with E-state index in [1.54, 1.807) is 6.07 Å². The van der Waals surface area contributed by atoms with Crippen molar-refractivity contribution in [1.29, 1.82) is 0 Å². The van der Waals surface area contributed by atoms with Crippen molar-refractivity contribution in [2.45, 2.75) is 26.2 Å². The normalized spacial score (nSPS) is 16.0. The summed E-state index contributed by atoms with van der Waals surface area (Å²) in [4.78, 5) is 25.2. The Morgan fingerprint density at radius 1 is 1.00 bits per heavy atom. The van der Waals surface area contributed by atoms with Crippen LogP contribution in [0.3, 0.4) is 0 Å². The number of alkyl halides is 2. The molecule has 36 heavy (non-hydrogen) atoms. The van der Waals surface area contributed by atoms with Gasteiger partial charge in [0.2, 0.25) is 0 Å². The number of nitrogens with zero attached hydrogens (tertiary/aromatic N) is 4. The molecule has 0 spiro atoms. The number of carbonyl (C=O) groups excluding carboxylic acids is 1. The summed E-state index contributed by atoms with van der Waals surface area (Å²) in [5.74, 6) is 0.757. The van der Waals surface area contributed by atoms with Gasteiger partial charge in [0.05, 0.1) is 18.9 Å². The van der Waals surface area contributed by atoms with E-state index in [4.69, 9.17) is 9.72 Å². The third-order valence-corrected chi connectivity index (χ3v) is 6.64. The summed E-state index contributed by atoms with van der Waals surface area (Å²) in [5.41, 5.74) is 4.46. The third-order valence-electron chi connectivity index (χ3n) is 6.64. The topological polar surface area (TPSA) is 70.6 Å². The van der Waals surface area contributed by atoms with Gasteiger partial charge in [-0.05, 0) is 72.9 Å². The fourth-order valence-electron chi connectivity index (χ4n) is 4.63. The first-order valence-corrected chi connectivity index (χ1v) is 12.2. The molecule has 3 aromatic rings. The van der Waals surface area contributed by atoms with E-state index in [0.29, 0.717) is 43.2 Å². The van der Waals surface area contributed by atoms with E-state index in [0.717, 1.165) is 48.4 Å². The zero-order valence-corrected chi connectivity index (χ0v) is 20.2. The average Bonchev–Trinajstić information content (AvgIpc) is 3.45. The summed E-state index contributed by atoms with van der Waals surface area (Å²) < 4.78 is 32.2. The number of urea groups is 1. The molecule has 2 aliphatic heterocycles. The number of hydrogen-bond donors (Lipinski definition) is 1. The minimum absolute atomic E-state index is 0.0944. The molecule has 2 fully saturated rings. The smallest absolute Gasteiger partial charge is 0.321 e. The lowest BCUT2D eigenvalue weighted by atomic mass is 9.98. The molecule has 4 heterocycles. The summed E-state index contributed by atoms with van der Waals surface area (Å²) in [5, 5.41) is 3.02. The van der Waals surface area contributed by atoms with Crippen molar-refractivity contribution in [1.82, 2.24) is 14.9 Å². The van der Waals surface area contributed by atoms with E-state index in [-0.39, 0.29) is 11.7 Å². The molecular formula is C27H29F2N5O2. The molecule has 0 unspecified atom stereocenters. The molecule has 7 nitrogen and oxygen atoms in total. The van der Waals surface area contributed by atoms with Gasteiger partial charge in [0.1, 0.15) is 11.5 Å². The van der Waals surface area contributed by atoms with E-state index in [9.17, 15) is 13.6 Å². The Labute approximate surface area is 209 Å². The van der Waals surface area contributed by atoms with Gasteiger partial charge in [-0.15, -0.1) is 0 Å². The van der Waals surface area contributed by atoms with Gasteiger partial charge in [-0.3, -0.25) is 4.98 Å². The van der Waals surface area contributed by atoms with Crippen LogP contribution in [0, 0.1) is 6.92 Å². The average molecular weight is 494 g/mol. The Balaban J connectivity index is 1.54. The zero-order chi connectivity index (χ0) is 25.1. The second kappa shape index (κ2) is 10.6. The quantitative estimate of drug-likeness (QED) is 0.507. The maximum Gasteiger partial charge on any atom is 0.321 e. The van der Waals surface area contributed by atoms with Crippen LogP contribution in [0.1, 0.15) is 30.5 Å². The molecule has 5 rings (SSSR count). The van der Waals surface area contributed by atoms with Crippen LogP contribution in [-0.4, -0.2) is 60.3 Å². The lowest BCUT2D eigenvalue weighted by Crippen LogP contribution is -2.36. The summed E-state index contributed by atoms with van der Waals surface area (Å²) in [6, 6.07) is 12.7. The number of likely N-dealkylation sites (tertiary alicyclic amines) is 1. The van der Waals surface area contributed by atoms with Crippen molar-refractivity contribution in [3.8, 4) is 22.4 Å². The van der Waals surface area contributed by atoms with Crippen LogP contribution in [-0.2, 0) is 4.74 Å². The van der Waals surface area contributed by atoms with E-state index in [2.05, 4.69) is 15.2 Å². The molecule has 2 aromatic heterocycles. The van der Waals surface area contributed by atoms with Gasteiger partial charge >= 0.3 is 6.03 Å². The van der Waals surface area contributed by atoms with Crippen molar-refractivity contribution in [2.75, 3.05) is 49.6 Å². The van der Waals surface area contributed by atoms with Crippen molar-refractivity contribution in [3.05, 3.63) is 59.9 Å². The largest absolute Gasteiger partial charge is 0.378 e. The maximum atomic E-state index is 13.3. The van der Waals surface area contributed by atoms with Crippen molar-refractivity contribution >= 4 is 17.5 Å². The molecule has 0 bridgehead atoms. The Bertz CT molecular complexity index is 1240. The second-order valence-electron chi connectivity index (χ2n) is 9.12. The molecule has 188 valence electrons. The van der Waals surface area contributed by atoms with Crippen LogP contribution in [0.4, 0.5) is 25.1 Å². The fraction of sp³-hybridized carbons (Fsp3) is 0.370. The monoisotopic (exact) mass is 493 g/mol. The number of ether oxygens (including phenoxy) is 1. The van der Waals surface area contributed by atoms with Gasteiger partial charge < -0.3 is 19.9 Å². The van der Waals surface area contributed by atoms with Crippen LogP contribution in [0.25, 0.3) is 22.4 Å². The Morgan fingerprint density at radius 2 is 1.78 bits per heavy atom. The number of morpholine rings is 1. The maximum absolute atomic E-state index is 13.3. The number of pyridine rings is 2. The minimum atomic E-state index is -2.66. The van der Waals surface area contributed by atoms with E-state index in [1.165, 1.54) is 12.3 Å². The number of amides is 2. The number of hydrogen-bond acceptors (Lipinski definition) is 5. The lowest BCUT2D eigenvalue weighted by molar-refractivity contribution is 0.122. The summed E-state index contributed by atoms with van der Waals surface area (Å²) >= 11 is 0. The van der Waals surface area contributed by atoms with Gasteiger partial charge in [-0.1, -0.05) is 6.07 Å². The molecule has 1 N–H and O–H groups in total. The van der Waals surface area contributed by atoms with Gasteiger partial charge in [-0.25, -0.2) is 18.6 Å². The van der Waals surface area contributed by atoms with Crippen LogP contribution in [0.5, 0.6) is 0 Å². The molecule has 0 atom stereocenters. The first-order chi connectivity index (χ1) is 17.5. The molecule has 1 aromatic carbocycles. The molecule has 0 aliphatic carbocycles. The first-order valence-electron chi connectivity index (χ1n) is 12.2. The van der Waals surface area contributed by atoms with Gasteiger partial charge in [0, 0.05) is 43.6 Å². The van der Waals surface area contributed by atoms with Gasteiger partial charge in [0.15, 0.2) is 0 Å². The molecule has 2 saturated heterocycles. The molecule has 0 saturated carbocycles. The second-order valence-corrected chi connectivity index (χ2v) is 9.12. The minimum Gasteiger partial charge on any atom is -0.378 e. The molecule has 2 aliphatic rings. The van der Waals surface area contributed by atoms with Crippen LogP contribution < -0.4 is 10.2 Å². The number of anilines is 2. The molecular weight excluding hydrogens is 464 g/mol. The van der Waals surface area contributed by atoms with E-state index >= 15 is 0 Å². The fourth-order valence-corrected chi connectivity index (χ4v) is 4.63. The summed E-state index contributed by atoms with van der Waals surface area (Å²) in [6.07, 6.45) is 0.780. The van der Waals surface area contributed by atoms with Crippen molar-refractivity contribution in [3.63, 3.8) is 0 Å². The predicted molar refractivity (Wildman–Crippen MR) is 135 cm³/mol. The highest BCUT2D eigenvalue weighted by Gasteiger charge is 2.20. The zero-order valence-electron chi connectivity index (χ0n) is 20.2. The number of benzene rings is 1. The SMILES string of the molecule is Cc1ccc(NC(=O)N2CCCC2)cc1-c1cc(-c2ccnc(C(F)F)c2)nc(N2CCOCC2)c1. The van der Waals surface area contributed by atoms with Crippen LogP contribution in [0.15, 0.2) is 48.7 Å². The Hall–Kier alpha value is -3.59. The Morgan fingerprint density at radius 3 is 2.53 bits per heavy atom. The number of carbonyl (C=O) groups is 1. The van der Waals surface area contributed by atoms with Gasteiger partial charge in [0.25, 0.3) is 6.43 Å². The summed E-state index contributed by atoms with van der Waals surface area (Å²) in [6.45, 7) is 6.14. The van der Waals surface area contributed by atoms with Crippen LogP contribution in [0.2, 0.25) is 0 Å². The molecule has 2 amide bonds. The first kappa shape index (κ1) is 24.1. The van der Waals surface area contributed by atoms with E-state index < -0.39 is 6.43 Å². The van der Waals surface area contributed by atoms with Crippen molar-refractivity contribution in [2.24, 2.45) is 0 Å². The highest BCUT2D eigenvalue weighted by molar-refractivity contribution is 5.91. The van der Waals surface area contributed by atoms with Gasteiger partial charge in [-0.2, -0.15) is 0 Å². The molecule has 0 radical (unpaired) electrons. The predicted octanol–water partition coefficient (Wildman–Crippen LogP) is 5.52.